The Hall–Kier alpha value is 1.36. The molecule has 126 valence electrons. The van der Waals surface area contributed by atoms with Crippen LogP contribution in [0.4, 0.5) is 0 Å². The molecule has 1 aliphatic rings. The second-order valence-corrected chi connectivity index (χ2v) is 45.7. The summed E-state index contributed by atoms with van der Waals surface area (Å²) in [5, 5.41) is 0. The van der Waals surface area contributed by atoms with Gasteiger partial charge in [-0.15, -0.1) is 0 Å². The minimum atomic E-state index is -2.24. The highest BCUT2D eigenvalue weighted by Crippen LogP contribution is 2.27. The van der Waals surface area contributed by atoms with Gasteiger partial charge in [-0.25, -0.2) is 0 Å². The molecule has 1 rings (SSSR count). The molecule has 0 saturated carbocycles. The second-order valence-electron chi connectivity index (χ2n) is 8.80. The quantitative estimate of drug-likeness (QED) is 0.608. The summed E-state index contributed by atoms with van der Waals surface area (Å²) in [5.74, 6) is 0. The Morgan fingerprint density at radius 1 is 0.857 bits per heavy atom. The molecule has 4 nitrogen and oxygen atoms in total. The molecule has 11 heteroatoms. The van der Waals surface area contributed by atoms with Crippen LogP contribution in [-0.4, -0.2) is 65.2 Å². The molecule has 1 unspecified atom stereocenters. The van der Waals surface area contributed by atoms with Gasteiger partial charge >= 0.3 is 8.08 Å². The predicted octanol–water partition coefficient (Wildman–Crippen LogP) is 1.02. The molecule has 1 aliphatic heterocycles. The van der Waals surface area contributed by atoms with Gasteiger partial charge in [0.2, 0.25) is 0 Å². The smallest absolute Gasteiger partial charge is 0.344 e. The molecule has 0 radical (unpaired) electrons. The first-order valence-electron chi connectivity index (χ1n) is 7.88. The molecule has 0 N–H and O–H groups in total. The van der Waals surface area contributed by atoms with Crippen molar-refractivity contribution in [2.45, 2.75) is 58.9 Å². The first kappa shape index (κ1) is 20.4. The van der Waals surface area contributed by atoms with Gasteiger partial charge in [-0.05, 0) is 58.9 Å². The summed E-state index contributed by atoms with van der Waals surface area (Å²) < 4.78 is 26.3. The van der Waals surface area contributed by atoms with Gasteiger partial charge in [-0.2, -0.15) is 0 Å². The molecule has 0 aromatic carbocycles. The highest BCUT2D eigenvalue weighted by Gasteiger charge is 2.55. The van der Waals surface area contributed by atoms with Gasteiger partial charge in [0.1, 0.15) is 9.28 Å². The van der Waals surface area contributed by atoms with E-state index in [1.165, 1.54) is 0 Å². The van der Waals surface area contributed by atoms with E-state index < -0.39 is 41.1 Å². The van der Waals surface area contributed by atoms with Gasteiger partial charge in [0.15, 0.2) is 33.0 Å². The molecular weight excluding hydrogens is 381 g/mol. The zero-order valence-corrected chi connectivity index (χ0v) is 23.3. The van der Waals surface area contributed by atoms with Crippen LogP contribution in [-0.2, 0) is 16.8 Å². The Balaban J connectivity index is 3.09. The van der Waals surface area contributed by atoms with E-state index in [0.29, 0.717) is 0 Å². The van der Waals surface area contributed by atoms with Gasteiger partial charge in [-0.3, -0.25) is 0 Å². The Morgan fingerprint density at radius 2 is 1.33 bits per heavy atom. The van der Waals surface area contributed by atoms with Gasteiger partial charge in [0, 0.05) is 0 Å². The van der Waals surface area contributed by atoms with Crippen molar-refractivity contribution >= 4 is 58.9 Å². The van der Waals surface area contributed by atoms with E-state index in [2.05, 4.69) is 58.9 Å². The van der Waals surface area contributed by atoms with E-state index in [-0.39, 0.29) is 17.8 Å². The fourth-order valence-corrected chi connectivity index (χ4v) is 75.9. The summed E-state index contributed by atoms with van der Waals surface area (Å²) in [6.45, 7) is 20.6. The maximum Gasteiger partial charge on any atom is 0.344 e. The summed E-state index contributed by atoms with van der Waals surface area (Å²) in [6, 6.07) is 0. The van der Waals surface area contributed by atoms with Crippen molar-refractivity contribution in [3.05, 3.63) is 0 Å². The monoisotopic (exact) mass is 414 g/mol. The lowest BCUT2D eigenvalue weighted by atomic mass is 11.7. The van der Waals surface area contributed by atoms with Crippen molar-refractivity contribution in [3.63, 3.8) is 0 Å². The van der Waals surface area contributed by atoms with Crippen LogP contribution in [0.25, 0.3) is 0 Å². The van der Waals surface area contributed by atoms with Crippen molar-refractivity contribution in [1.29, 1.82) is 0 Å². The van der Waals surface area contributed by atoms with Crippen molar-refractivity contribution < 1.29 is 16.8 Å². The summed E-state index contributed by atoms with van der Waals surface area (Å²) in [5.41, 5.74) is 0. The lowest BCUT2D eigenvalue weighted by Crippen LogP contribution is -2.74. The number of hydrogen-bond donors (Lipinski definition) is 0. The fourth-order valence-electron chi connectivity index (χ4n) is 2.54. The largest absolute Gasteiger partial charge is 0.459 e. The van der Waals surface area contributed by atoms with Gasteiger partial charge < -0.3 is 16.8 Å². The molecule has 0 spiro atoms. The fraction of sp³-hybridized carbons (Fsp3) is 1.00. The van der Waals surface area contributed by atoms with Gasteiger partial charge in [0.25, 0.3) is 0 Å². The number of hydrogen-bond acceptors (Lipinski definition) is 4. The third kappa shape index (κ3) is 7.64. The van der Waals surface area contributed by atoms with Crippen molar-refractivity contribution in [3.8, 4) is 0 Å². The van der Waals surface area contributed by atoms with Crippen LogP contribution >= 0.6 is 0 Å². The third-order valence-electron chi connectivity index (χ3n) is 2.77. The first-order chi connectivity index (χ1) is 9.23. The Bertz CT molecular complexity index is 331. The lowest BCUT2D eigenvalue weighted by molar-refractivity contribution is 0.311. The van der Waals surface area contributed by atoms with E-state index in [1.54, 1.807) is 0 Å². The second kappa shape index (κ2) is 7.08. The first-order valence-corrected chi connectivity index (χ1v) is 30.3. The van der Waals surface area contributed by atoms with Gasteiger partial charge in [0.05, 0.1) is 14.8 Å². The zero-order valence-electron chi connectivity index (χ0n) is 15.3. The summed E-state index contributed by atoms with van der Waals surface area (Å²) in [4.78, 5) is 0. The van der Waals surface area contributed by atoms with E-state index in [1.807, 2.05) is 0 Å². The molecule has 1 fully saturated rings. The van der Waals surface area contributed by atoms with Crippen molar-refractivity contribution in [2.75, 3.05) is 6.23 Å². The van der Waals surface area contributed by atoms with Crippen molar-refractivity contribution in [2.24, 2.45) is 0 Å². The summed E-state index contributed by atoms with van der Waals surface area (Å²) in [6.07, 6.45) is 0.780. The predicted molar refractivity (Wildman–Crippen MR) is 109 cm³/mol. The normalized spacial score (nSPS) is 26.4. The Kier molecular flexibility index (Phi) is 6.88. The molecule has 0 aromatic heterocycles. The van der Waals surface area contributed by atoms with Crippen LogP contribution in [0.2, 0.25) is 58.9 Å². The highest BCUT2D eigenvalue weighted by atomic mass is 29.8. The molecular formula is C10H34O4Si7. The van der Waals surface area contributed by atoms with Crippen LogP contribution in [0.1, 0.15) is 0 Å². The molecule has 21 heavy (non-hydrogen) atoms. The maximum absolute atomic E-state index is 6.78. The average Bonchev–Trinajstić information content (AvgIpc) is 2.14. The maximum atomic E-state index is 6.78. The minimum Gasteiger partial charge on any atom is -0.459 e. The molecule has 0 aromatic rings. The van der Waals surface area contributed by atoms with Crippen molar-refractivity contribution in [1.82, 2.24) is 0 Å². The van der Waals surface area contributed by atoms with Gasteiger partial charge in [-0.1, -0.05) is 0 Å². The standard InChI is InChI=1S/C10H34O4Si7/c1-18(2,3)12-17-16-15-11-10-21(17,13-19(4,5)6)14-20(7,8)9/h17H,10,15-16H2,1-9H3. The Labute approximate surface area is 140 Å². The third-order valence-corrected chi connectivity index (χ3v) is 49.2. The van der Waals surface area contributed by atoms with Crippen LogP contribution in [0.5, 0.6) is 0 Å². The molecule has 1 atom stereocenters. The summed E-state index contributed by atoms with van der Waals surface area (Å²) in [7, 11) is -8.81. The SMILES string of the molecule is C[Si](C)(C)O[SiH]1[SiH2][SiH2]OC[Si]1(O[Si](C)(C)C)O[Si](C)(C)C. The van der Waals surface area contributed by atoms with Crippen LogP contribution < -0.4 is 0 Å². The van der Waals surface area contributed by atoms with E-state index in [9.17, 15) is 0 Å². The molecule has 1 saturated heterocycles. The number of rotatable bonds is 6. The van der Waals surface area contributed by atoms with E-state index in [0.717, 1.165) is 6.23 Å². The Morgan fingerprint density at radius 3 is 1.71 bits per heavy atom. The van der Waals surface area contributed by atoms with E-state index in [4.69, 9.17) is 16.8 Å². The highest BCUT2D eigenvalue weighted by molar-refractivity contribution is 7.58. The average molecular weight is 415 g/mol. The zero-order chi connectivity index (χ0) is 16.5. The lowest BCUT2D eigenvalue weighted by Gasteiger charge is -2.47. The van der Waals surface area contributed by atoms with Crippen LogP contribution in [0.15, 0.2) is 0 Å². The summed E-state index contributed by atoms with van der Waals surface area (Å²) >= 11 is 0. The molecule has 0 aliphatic carbocycles. The topological polar surface area (TPSA) is 36.9 Å². The van der Waals surface area contributed by atoms with E-state index >= 15 is 0 Å². The van der Waals surface area contributed by atoms with Crippen LogP contribution in [0.3, 0.4) is 0 Å². The molecule has 1 heterocycles. The molecule has 0 amide bonds. The minimum absolute atomic E-state index is 0.175. The van der Waals surface area contributed by atoms with Crippen LogP contribution in [0, 0.1) is 0 Å². The molecule has 0 bridgehead atoms.